The molecule has 1 atom stereocenters. The summed E-state index contributed by atoms with van der Waals surface area (Å²) in [6.07, 6.45) is 26.9. The zero-order chi connectivity index (χ0) is 24.3. The lowest BCUT2D eigenvalue weighted by Gasteiger charge is -2.35. The number of likely N-dealkylation sites (N-methyl/N-ethyl adjacent to an activating group) is 1. The Kier molecular flexibility index (Phi) is 17.7. The van der Waals surface area contributed by atoms with Crippen molar-refractivity contribution < 1.29 is 23.9 Å². The third-order valence-electron chi connectivity index (χ3n) is 5.77. The average molecular weight is 475 g/mol. The molecule has 0 aromatic rings. The maximum Gasteiger partial charge on any atom is 0.362 e. The fourth-order valence-corrected chi connectivity index (χ4v) is 5.01. The van der Waals surface area contributed by atoms with Gasteiger partial charge in [-0.3, -0.25) is 4.57 Å². The molecule has 3 N–H and O–H groups in total. The minimum absolute atomic E-state index is 0.0537. The topological polar surface area (TPSA) is 77.8 Å². The summed E-state index contributed by atoms with van der Waals surface area (Å²) in [5.74, 6) is 0. The Morgan fingerprint density at radius 2 is 1.06 bits per heavy atom. The monoisotopic (exact) mass is 474 g/mol. The molecule has 0 rings (SSSR count). The smallest absolute Gasteiger partial charge is 0.362 e. The van der Waals surface area contributed by atoms with E-state index in [2.05, 4.69) is 31.2 Å². The first-order valence-corrected chi connectivity index (χ1v) is 14.5. The van der Waals surface area contributed by atoms with Crippen LogP contribution in [0.3, 0.4) is 0 Å². The van der Waals surface area contributed by atoms with E-state index in [1.54, 1.807) is 0 Å². The Balaban J connectivity index is 3.66. The van der Waals surface area contributed by atoms with Crippen molar-refractivity contribution in [3.8, 4) is 0 Å². The largest absolute Gasteiger partial charge is 0.373 e. The van der Waals surface area contributed by atoms with Gasteiger partial charge < -0.3 is 19.4 Å². The first-order chi connectivity index (χ1) is 15.0. The molecule has 0 radical (unpaired) electrons. The molecule has 32 heavy (non-hydrogen) atoms. The molecule has 0 heterocycles. The molecular weight excluding hydrogens is 421 g/mol. The Morgan fingerprint density at radius 3 is 1.44 bits per heavy atom. The summed E-state index contributed by atoms with van der Waals surface area (Å²) in [7, 11) is 0.956. The van der Waals surface area contributed by atoms with Gasteiger partial charge >= 0.3 is 7.60 Å². The van der Waals surface area contributed by atoms with E-state index in [-0.39, 0.29) is 13.0 Å². The molecule has 190 valence electrons. The van der Waals surface area contributed by atoms with Crippen molar-refractivity contribution in [2.75, 3.05) is 27.7 Å². The van der Waals surface area contributed by atoms with Gasteiger partial charge in [-0.2, -0.15) is 0 Å². The van der Waals surface area contributed by atoms with Crippen molar-refractivity contribution in [2.45, 2.75) is 115 Å². The Morgan fingerprint density at radius 1 is 0.688 bits per heavy atom. The number of quaternary nitrogens is 1. The van der Waals surface area contributed by atoms with Gasteiger partial charge in [0.1, 0.15) is 6.54 Å². The summed E-state index contributed by atoms with van der Waals surface area (Å²) in [4.78, 5) is 19.2. The van der Waals surface area contributed by atoms with E-state index in [0.29, 0.717) is 10.9 Å². The highest BCUT2D eigenvalue weighted by molar-refractivity contribution is 7.53. The first-order valence-electron chi connectivity index (χ1n) is 12.9. The summed E-state index contributed by atoms with van der Waals surface area (Å²) in [5, 5.41) is 8.62. The Hall–Kier alpha value is -0.450. The van der Waals surface area contributed by atoms with Crippen LogP contribution in [0.4, 0.5) is 0 Å². The normalized spacial score (nSPS) is 15.1. The van der Waals surface area contributed by atoms with Gasteiger partial charge in [-0.05, 0) is 57.8 Å². The highest BCUT2D eigenvalue weighted by atomic mass is 31.2. The number of aliphatic hydroxyl groups is 1. The van der Waals surface area contributed by atoms with Crippen LogP contribution in [0.25, 0.3) is 0 Å². The summed E-state index contributed by atoms with van der Waals surface area (Å²) < 4.78 is 12.1. The number of unbranched alkanes of at least 4 members (excludes halogenated alkanes) is 12. The van der Waals surface area contributed by atoms with Crippen LogP contribution in [-0.4, -0.2) is 52.4 Å². The van der Waals surface area contributed by atoms with Crippen LogP contribution in [0.5, 0.6) is 0 Å². The lowest BCUT2D eigenvalue weighted by molar-refractivity contribution is -0.875. The zero-order valence-electron chi connectivity index (χ0n) is 21.5. The Bertz CT molecular complexity index is 551. The molecule has 0 saturated heterocycles. The van der Waals surface area contributed by atoms with Crippen molar-refractivity contribution in [1.29, 1.82) is 0 Å². The lowest BCUT2D eigenvalue weighted by atomic mass is 10.1. The molecular formula is C26H53NO4P+. The quantitative estimate of drug-likeness (QED) is 0.0729. The third kappa shape index (κ3) is 18.0. The molecule has 0 aliphatic heterocycles. The first kappa shape index (κ1) is 31.6. The number of rotatable bonds is 21. The summed E-state index contributed by atoms with van der Waals surface area (Å²) in [6, 6.07) is 0. The highest BCUT2D eigenvalue weighted by Crippen LogP contribution is 2.52. The van der Waals surface area contributed by atoms with E-state index < -0.39 is 12.9 Å². The van der Waals surface area contributed by atoms with Crippen molar-refractivity contribution in [3.05, 3.63) is 24.3 Å². The van der Waals surface area contributed by atoms with Crippen LogP contribution in [0.1, 0.15) is 110 Å². The van der Waals surface area contributed by atoms with Gasteiger partial charge in [-0.25, -0.2) is 0 Å². The molecule has 0 fully saturated rings. The van der Waals surface area contributed by atoms with Crippen LogP contribution < -0.4 is 0 Å². The van der Waals surface area contributed by atoms with Gasteiger partial charge in [-0.1, -0.05) is 76.2 Å². The van der Waals surface area contributed by atoms with Gasteiger partial charge in [0, 0.05) is 0 Å². The van der Waals surface area contributed by atoms with E-state index in [1.165, 1.54) is 57.8 Å². The minimum atomic E-state index is -4.55. The molecule has 0 amide bonds. The molecule has 0 aromatic heterocycles. The van der Waals surface area contributed by atoms with Crippen molar-refractivity contribution in [2.24, 2.45) is 0 Å². The molecule has 0 spiro atoms. The molecule has 5 nitrogen and oxygen atoms in total. The molecule has 0 aromatic carbocycles. The van der Waals surface area contributed by atoms with Crippen molar-refractivity contribution >= 4 is 7.60 Å². The van der Waals surface area contributed by atoms with Gasteiger partial charge in [0.05, 0.1) is 21.1 Å². The fraction of sp³-hybridized carbons (Fsp3) is 0.846. The maximum absolute atomic E-state index is 11.8. The van der Waals surface area contributed by atoms with Crippen LogP contribution in [-0.2, 0) is 4.57 Å². The van der Waals surface area contributed by atoms with Crippen LogP contribution in [0, 0.1) is 0 Å². The molecule has 0 bridgehead atoms. The standard InChI is InChI=1S/C26H52NO4P/c1-5-6-7-8-9-10-11-12-13-14-15-16-17-18-19-20-21-22-23-24-26(28,32(29,30)31)25-27(2,3)4/h8-9,16-17,28H,5-7,10-15,18-25H2,1-4H3,(H-,29,30,31)/p+1/b9-8-,17-16-. The van der Waals surface area contributed by atoms with E-state index >= 15 is 0 Å². The van der Waals surface area contributed by atoms with Crippen LogP contribution in [0.15, 0.2) is 24.3 Å². The number of hydrogen-bond acceptors (Lipinski definition) is 2. The zero-order valence-corrected chi connectivity index (χ0v) is 22.4. The third-order valence-corrected chi connectivity index (χ3v) is 7.22. The van der Waals surface area contributed by atoms with Gasteiger partial charge in [0.25, 0.3) is 0 Å². The molecule has 0 aliphatic rings. The fourth-order valence-electron chi connectivity index (χ4n) is 3.95. The number of hydrogen-bond donors (Lipinski definition) is 3. The maximum atomic E-state index is 11.8. The molecule has 0 saturated carbocycles. The predicted octanol–water partition coefficient (Wildman–Crippen LogP) is 6.93. The molecule has 0 aliphatic carbocycles. The van der Waals surface area contributed by atoms with Crippen molar-refractivity contribution in [1.82, 2.24) is 0 Å². The van der Waals surface area contributed by atoms with E-state index in [9.17, 15) is 19.5 Å². The summed E-state index contributed by atoms with van der Waals surface area (Å²) >= 11 is 0. The SMILES string of the molecule is CCCC/C=C\CCCCCC/C=C\CCCCCCCC(O)(C[N+](C)(C)C)P(=O)(O)O. The van der Waals surface area contributed by atoms with Crippen molar-refractivity contribution in [3.63, 3.8) is 0 Å². The van der Waals surface area contributed by atoms with E-state index in [4.69, 9.17) is 0 Å². The second-order valence-electron chi connectivity index (χ2n) is 10.4. The van der Waals surface area contributed by atoms with E-state index in [0.717, 1.165) is 32.1 Å². The number of nitrogens with zero attached hydrogens (tertiary/aromatic N) is 1. The predicted molar refractivity (Wildman–Crippen MR) is 138 cm³/mol. The van der Waals surface area contributed by atoms with Gasteiger partial charge in [-0.15, -0.1) is 0 Å². The average Bonchev–Trinajstić information content (AvgIpc) is 2.67. The Labute approximate surface area is 198 Å². The second kappa shape index (κ2) is 18.0. The lowest BCUT2D eigenvalue weighted by Crippen LogP contribution is -2.49. The van der Waals surface area contributed by atoms with Crippen LogP contribution >= 0.6 is 7.60 Å². The van der Waals surface area contributed by atoms with Gasteiger partial charge in [0.2, 0.25) is 5.34 Å². The summed E-state index contributed by atoms with van der Waals surface area (Å²) in [6.45, 7) is 2.29. The van der Waals surface area contributed by atoms with E-state index in [1.807, 2.05) is 21.1 Å². The molecule has 1 unspecified atom stereocenters. The number of allylic oxidation sites excluding steroid dienone is 4. The highest BCUT2D eigenvalue weighted by Gasteiger charge is 2.48. The molecule has 6 heteroatoms. The minimum Gasteiger partial charge on any atom is -0.373 e. The van der Waals surface area contributed by atoms with Crippen LogP contribution in [0.2, 0.25) is 0 Å². The van der Waals surface area contributed by atoms with Gasteiger partial charge in [0.15, 0.2) is 0 Å². The summed E-state index contributed by atoms with van der Waals surface area (Å²) in [5.41, 5.74) is 0. The second-order valence-corrected chi connectivity index (χ2v) is 12.3.